The number of pyridine rings is 1. The van der Waals surface area contributed by atoms with E-state index >= 15 is 0 Å². The van der Waals surface area contributed by atoms with E-state index in [4.69, 9.17) is 9.72 Å². The number of hydrogen-bond donors (Lipinski definition) is 1. The van der Waals surface area contributed by atoms with E-state index in [0.29, 0.717) is 25.1 Å². The van der Waals surface area contributed by atoms with Crippen LogP contribution in [0.15, 0.2) is 24.4 Å². The van der Waals surface area contributed by atoms with Crippen LogP contribution in [0.5, 0.6) is 0 Å². The largest absolute Gasteiger partial charge is 0.378 e. The molecule has 1 amide bonds. The number of nitriles is 1. The van der Waals surface area contributed by atoms with Gasteiger partial charge in [0, 0.05) is 36.9 Å². The summed E-state index contributed by atoms with van der Waals surface area (Å²) in [7, 11) is 0. The van der Waals surface area contributed by atoms with Crippen molar-refractivity contribution in [3.63, 3.8) is 0 Å². The Balaban J connectivity index is 1.79. The lowest BCUT2D eigenvalue weighted by Crippen LogP contribution is -2.27. The van der Waals surface area contributed by atoms with Crippen LogP contribution in [0.25, 0.3) is 21.9 Å². The number of benzene rings is 1. The molecule has 0 spiro atoms. The minimum atomic E-state index is 0.0484. The van der Waals surface area contributed by atoms with E-state index in [1.165, 1.54) is 0 Å². The van der Waals surface area contributed by atoms with E-state index < -0.39 is 0 Å². The summed E-state index contributed by atoms with van der Waals surface area (Å²) in [5.41, 5.74) is 3.28. The topological polar surface area (TPSA) is 92.8 Å². The van der Waals surface area contributed by atoms with Crippen molar-refractivity contribution in [1.29, 1.82) is 5.26 Å². The van der Waals surface area contributed by atoms with Crippen molar-refractivity contribution in [2.24, 2.45) is 0 Å². The molecule has 1 N–H and O–H groups in total. The van der Waals surface area contributed by atoms with E-state index in [0.717, 1.165) is 40.6 Å². The molecule has 7 nitrogen and oxygen atoms in total. The highest BCUT2D eigenvalue weighted by Gasteiger charge is 2.32. The molecular formula is C21H21N5O2. The first-order valence-electron chi connectivity index (χ1n) is 9.73. The summed E-state index contributed by atoms with van der Waals surface area (Å²) >= 11 is 0. The summed E-state index contributed by atoms with van der Waals surface area (Å²) in [6.07, 6.45) is 4.23. The smallest absolute Gasteiger partial charge is 0.220 e. The number of nitrogens with one attached hydrogen (secondary N) is 1. The molecule has 0 aliphatic carbocycles. The fourth-order valence-electron chi connectivity index (χ4n) is 4.52. The third-order valence-corrected chi connectivity index (χ3v) is 5.84. The van der Waals surface area contributed by atoms with Crippen molar-refractivity contribution in [2.45, 2.75) is 44.2 Å². The van der Waals surface area contributed by atoms with Crippen LogP contribution in [0.2, 0.25) is 0 Å². The normalized spacial score (nSPS) is 25.1. The summed E-state index contributed by atoms with van der Waals surface area (Å²) in [6.45, 7) is 3.41. The summed E-state index contributed by atoms with van der Waals surface area (Å²) in [5, 5.41) is 13.2. The zero-order valence-electron chi connectivity index (χ0n) is 15.7. The van der Waals surface area contributed by atoms with Crippen molar-refractivity contribution < 1.29 is 9.53 Å². The fourth-order valence-corrected chi connectivity index (χ4v) is 4.52. The Morgan fingerprint density at radius 1 is 1.36 bits per heavy atom. The molecule has 7 heteroatoms. The van der Waals surface area contributed by atoms with E-state index in [1.807, 2.05) is 12.1 Å². The molecule has 142 valence electrons. The Bertz CT molecular complexity index is 1130. The molecule has 3 atom stereocenters. The average molecular weight is 375 g/mol. The quantitative estimate of drug-likeness (QED) is 0.743. The van der Waals surface area contributed by atoms with Crippen LogP contribution < -0.4 is 5.32 Å². The first-order valence-corrected chi connectivity index (χ1v) is 9.73. The molecule has 0 radical (unpaired) electrons. The number of hydrogen-bond acceptors (Lipinski definition) is 5. The predicted molar refractivity (Wildman–Crippen MR) is 104 cm³/mol. The maximum Gasteiger partial charge on any atom is 0.220 e. The molecule has 3 unspecified atom stereocenters. The van der Waals surface area contributed by atoms with Crippen LogP contribution in [0, 0.1) is 11.3 Å². The number of fused-ring (bicyclic) bond motifs is 3. The van der Waals surface area contributed by atoms with Gasteiger partial charge in [0.1, 0.15) is 11.3 Å². The van der Waals surface area contributed by atoms with Crippen LogP contribution in [0.3, 0.4) is 0 Å². The van der Waals surface area contributed by atoms with E-state index in [2.05, 4.69) is 27.9 Å². The minimum Gasteiger partial charge on any atom is -0.378 e. The second-order valence-corrected chi connectivity index (χ2v) is 7.74. The van der Waals surface area contributed by atoms with Gasteiger partial charge < -0.3 is 14.6 Å². The Kier molecular flexibility index (Phi) is 4.02. The number of imidazole rings is 1. The monoisotopic (exact) mass is 375 g/mol. The Morgan fingerprint density at radius 3 is 3.00 bits per heavy atom. The maximum absolute atomic E-state index is 11.9. The van der Waals surface area contributed by atoms with Crippen LogP contribution >= 0.6 is 0 Å². The molecule has 2 aromatic heterocycles. The van der Waals surface area contributed by atoms with Crippen LogP contribution in [0.4, 0.5) is 0 Å². The van der Waals surface area contributed by atoms with Crippen molar-refractivity contribution >= 4 is 27.8 Å². The molecule has 2 saturated heterocycles. The summed E-state index contributed by atoms with van der Waals surface area (Å²) < 4.78 is 8.08. The van der Waals surface area contributed by atoms with Crippen LogP contribution in [0.1, 0.15) is 49.5 Å². The van der Waals surface area contributed by atoms with Crippen LogP contribution in [-0.2, 0) is 9.53 Å². The first-order chi connectivity index (χ1) is 13.6. The SMILES string of the molecule is CC1CC(n2c(C3CNC(=O)C3)nc3cnc4ccc(C#N)cc4c32)CCO1. The molecule has 2 aliphatic rings. The van der Waals surface area contributed by atoms with Gasteiger partial charge in [0.25, 0.3) is 0 Å². The molecule has 28 heavy (non-hydrogen) atoms. The van der Waals surface area contributed by atoms with Gasteiger partial charge in [-0.3, -0.25) is 9.78 Å². The molecule has 0 bridgehead atoms. The highest BCUT2D eigenvalue weighted by molar-refractivity contribution is 6.03. The van der Waals surface area contributed by atoms with E-state index in [9.17, 15) is 10.1 Å². The van der Waals surface area contributed by atoms with Gasteiger partial charge >= 0.3 is 0 Å². The molecule has 3 aromatic rings. The zero-order valence-corrected chi connectivity index (χ0v) is 15.7. The number of nitrogens with zero attached hydrogens (tertiary/aromatic N) is 4. The number of rotatable bonds is 2. The van der Waals surface area contributed by atoms with Gasteiger partial charge in [-0.15, -0.1) is 0 Å². The number of carbonyl (C=O) groups excluding carboxylic acids is 1. The lowest BCUT2D eigenvalue weighted by Gasteiger charge is -2.30. The van der Waals surface area contributed by atoms with Crippen LogP contribution in [-0.4, -0.2) is 39.7 Å². The summed E-state index contributed by atoms with van der Waals surface area (Å²) in [4.78, 5) is 21.3. The van der Waals surface area contributed by atoms with Gasteiger partial charge in [0.05, 0.1) is 35.0 Å². The average Bonchev–Trinajstić information content (AvgIpc) is 3.31. The van der Waals surface area contributed by atoms with E-state index in [-0.39, 0.29) is 24.0 Å². The fraction of sp³-hybridized carbons (Fsp3) is 0.429. The van der Waals surface area contributed by atoms with Crippen molar-refractivity contribution in [1.82, 2.24) is 19.9 Å². The number of carbonyl (C=O) groups is 1. The highest BCUT2D eigenvalue weighted by Crippen LogP contribution is 2.37. The molecule has 2 aliphatic heterocycles. The Labute approximate surface area is 162 Å². The number of aromatic nitrogens is 3. The second kappa shape index (κ2) is 6.57. The number of amides is 1. The maximum atomic E-state index is 11.9. The zero-order chi connectivity index (χ0) is 19.3. The van der Waals surface area contributed by atoms with Gasteiger partial charge in [-0.25, -0.2) is 4.98 Å². The summed E-state index contributed by atoms with van der Waals surface area (Å²) in [5.74, 6) is 1.05. The van der Waals surface area contributed by atoms with Gasteiger partial charge in [-0.05, 0) is 38.0 Å². The summed E-state index contributed by atoms with van der Waals surface area (Å²) in [6, 6.07) is 8.04. The van der Waals surface area contributed by atoms with Gasteiger partial charge in [-0.1, -0.05) is 0 Å². The molecule has 5 rings (SSSR count). The molecule has 1 aromatic carbocycles. The Hall–Kier alpha value is -2.98. The van der Waals surface area contributed by atoms with Crippen molar-refractivity contribution in [3.05, 3.63) is 35.8 Å². The standard InChI is InChI=1S/C21H21N5O2/c1-12-6-15(4-5-28-12)26-20-16-7-13(9-22)2-3-17(16)23-11-18(20)25-21(26)14-8-19(27)24-10-14/h2-3,7,11-12,14-15H,4-6,8,10H2,1H3,(H,24,27). The third-order valence-electron chi connectivity index (χ3n) is 5.84. The molecule has 2 fully saturated rings. The second-order valence-electron chi connectivity index (χ2n) is 7.74. The van der Waals surface area contributed by atoms with Gasteiger partial charge in [-0.2, -0.15) is 5.26 Å². The van der Waals surface area contributed by atoms with Crippen molar-refractivity contribution in [2.75, 3.05) is 13.2 Å². The van der Waals surface area contributed by atoms with Gasteiger partial charge in [0.2, 0.25) is 5.91 Å². The highest BCUT2D eigenvalue weighted by atomic mass is 16.5. The lowest BCUT2D eigenvalue weighted by molar-refractivity contribution is -0.119. The molecular weight excluding hydrogens is 354 g/mol. The number of ether oxygens (including phenoxy) is 1. The lowest BCUT2D eigenvalue weighted by atomic mass is 10.0. The Morgan fingerprint density at radius 2 is 2.25 bits per heavy atom. The van der Waals surface area contributed by atoms with Gasteiger partial charge in [0.15, 0.2) is 0 Å². The predicted octanol–water partition coefficient (Wildman–Crippen LogP) is 2.80. The molecule has 4 heterocycles. The molecule has 0 saturated carbocycles. The van der Waals surface area contributed by atoms with Crippen molar-refractivity contribution in [3.8, 4) is 6.07 Å². The minimum absolute atomic E-state index is 0.0484. The first kappa shape index (κ1) is 17.1. The third kappa shape index (κ3) is 2.72. The van der Waals surface area contributed by atoms with E-state index in [1.54, 1.807) is 12.3 Å².